The second kappa shape index (κ2) is 5.85. The summed E-state index contributed by atoms with van der Waals surface area (Å²) in [4.78, 5) is 16.9. The molecular formula is C11H10ClIN4O. The molecule has 0 aliphatic rings. The van der Waals surface area contributed by atoms with Gasteiger partial charge in [0.05, 0.1) is 15.9 Å². The van der Waals surface area contributed by atoms with E-state index in [0.717, 1.165) is 14.8 Å². The molecule has 7 heteroatoms. The van der Waals surface area contributed by atoms with Crippen LogP contribution in [0.4, 0.5) is 0 Å². The van der Waals surface area contributed by atoms with Crippen molar-refractivity contribution in [1.82, 2.24) is 19.9 Å². The van der Waals surface area contributed by atoms with Crippen LogP contribution in [0, 0.1) is 10.5 Å². The molecule has 0 unspecified atom stereocenters. The lowest BCUT2D eigenvalue weighted by Gasteiger charge is -2.06. The number of aryl methyl sites for hydroxylation is 1. The van der Waals surface area contributed by atoms with Crippen LogP contribution in [0.5, 0.6) is 0 Å². The minimum absolute atomic E-state index is 0.374. The Morgan fingerprint density at radius 1 is 1.22 bits per heavy atom. The molecule has 0 atom stereocenters. The molecule has 0 aliphatic carbocycles. The average molecular weight is 377 g/mol. The largest absolute Gasteiger partial charge is 0.378 e. The lowest BCUT2D eigenvalue weighted by molar-refractivity contribution is 0.181. The average Bonchev–Trinajstić information content (AvgIpc) is 2.36. The maximum absolute atomic E-state index is 6.07. The minimum Gasteiger partial charge on any atom is -0.378 e. The predicted octanol–water partition coefficient (Wildman–Crippen LogP) is 2.65. The molecule has 0 spiro atoms. The van der Waals surface area contributed by atoms with Gasteiger partial charge in [-0.3, -0.25) is 0 Å². The molecule has 0 aromatic carbocycles. The third-order valence-electron chi connectivity index (χ3n) is 2.14. The summed E-state index contributed by atoms with van der Waals surface area (Å²) < 4.78 is 5.86. The number of halogens is 2. The minimum atomic E-state index is 0.374. The maximum Gasteiger partial charge on any atom is 0.199 e. The predicted molar refractivity (Wildman–Crippen MR) is 76.2 cm³/mol. The van der Waals surface area contributed by atoms with Crippen LogP contribution >= 0.6 is 34.2 Å². The molecule has 94 valence electrons. The highest BCUT2D eigenvalue weighted by atomic mass is 127. The summed E-state index contributed by atoms with van der Waals surface area (Å²) in [6.07, 6.45) is 3.43. The molecule has 0 aliphatic heterocycles. The van der Waals surface area contributed by atoms with Gasteiger partial charge in [-0.2, -0.15) is 0 Å². The van der Waals surface area contributed by atoms with E-state index in [4.69, 9.17) is 16.3 Å². The summed E-state index contributed by atoms with van der Waals surface area (Å²) in [6.45, 7) is 2.29. The van der Waals surface area contributed by atoms with Crippen molar-refractivity contribution >= 4 is 34.2 Å². The number of ether oxygens (including phenoxy) is 1. The molecule has 0 radical (unpaired) electrons. The SMILES string of the molecule is COCc1nc(-c2ncc(C)cn2)nc(Cl)c1I. The van der Waals surface area contributed by atoms with Crippen LogP contribution < -0.4 is 0 Å². The lowest BCUT2D eigenvalue weighted by Crippen LogP contribution is -2.03. The monoisotopic (exact) mass is 376 g/mol. The first-order chi connectivity index (χ1) is 8.61. The first-order valence-electron chi connectivity index (χ1n) is 5.11. The van der Waals surface area contributed by atoms with Gasteiger partial charge in [-0.15, -0.1) is 0 Å². The Kier molecular flexibility index (Phi) is 4.41. The van der Waals surface area contributed by atoms with Crippen LogP contribution in [0.2, 0.25) is 5.15 Å². The van der Waals surface area contributed by atoms with Crippen molar-refractivity contribution in [3.05, 3.63) is 32.4 Å². The fourth-order valence-corrected chi connectivity index (χ4v) is 1.89. The molecule has 0 N–H and O–H groups in total. The van der Waals surface area contributed by atoms with E-state index in [9.17, 15) is 0 Å². The summed E-state index contributed by atoms with van der Waals surface area (Å²) in [5.74, 6) is 0.865. The standard InChI is InChI=1S/C11H10ClIN4O/c1-6-3-14-10(15-4-6)11-16-7(5-18-2)8(13)9(12)17-11/h3-4H,5H2,1-2H3. The van der Waals surface area contributed by atoms with E-state index in [1.807, 2.05) is 6.92 Å². The Bertz CT molecular complexity index is 562. The van der Waals surface area contributed by atoms with E-state index in [-0.39, 0.29) is 0 Å². The molecule has 2 rings (SSSR count). The Hall–Kier alpha value is -0.860. The maximum atomic E-state index is 6.07. The molecule has 0 fully saturated rings. The molecule has 18 heavy (non-hydrogen) atoms. The number of rotatable bonds is 3. The van der Waals surface area contributed by atoms with Gasteiger partial charge in [0, 0.05) is 19.5 Å². The molecule has 0 bridgehead atoms. The molecular weight excluding hydrogens is 367 g/mol. The first-order valence-corrected chi connectivity index (χ1v) is 6.57. The van der Waals surface area contributed by atoms with Crippen LogP contribution in [0.1, 0.15) is 11.3 Å². The normalized spacial score (nSPS) is 10.7. The zero-order valence-electron chi connectivity index (χ0n) is 9.81. The highest BCUT2D eigenvalue weighted by Crippen LogP contribution is 2.22. The summed E-state index contributed by atoms with van der Waals surface area (Å²) in [5.41, 5.74) is 1.71. The second-order valence-electron chi connectivity index (χ2n) is 3.62. The number of methoxy groups -OCH3 is 1. The highest BCUT2D eigenvalue weighted by Gasteiger charge is 2.13. The van der Waals surface area contributed by atoms with Crippen molar-refractivity contribution in [3.8, 4) is 11.6 Å². The quantitative estimate of drug-likeness (QED) is 0.609. The van der Waals surface area contributed by atoms with E-state index in [1.165, 1.54) is 0 Å². The fraction of sp³-hybridized carbons (Fsp3) is 0.273. The first kappa shape index (κ1) is 13.6. The van der Waals surface area contributed by atoms with Gasteiger partial charge in [0.1, 0.15) is 5.15 Å². The molecule has 2 aromatic heterocycles. The smallest absolute Gasteiger partial charge is 0.199 e. The third-order valence-corrected chi connectivity index (χ3v) is 3.87. The van der Waals surface area contributed by atoms with E-state index < -0.39 is 0 Å². The van der Waals surface area contributed by atoms with Gasteiger partial charge in [-0.05, 0) is 35.1 Å². The van der Waals surface area contributed by atoms with Crippen LogP contribution in [-0.4, -0.2) is 27.0 Å². The van der Waals surface area contributed by atoms with Crippen molar-refractivity contribution < 1.29 is 4.74 Å². The van der Waals surface area contributed by atoms with Gasteiger partial charge < -0.3 is 4.74 Å². The summed E-state index contributed by atoms with van der Waals surface area (Å²) in [7, 11) is 1.61. The number of hydrogen-bond donors (Lipinski definition) is 0. The number of hydrogen-bond acceptors (Lipinski definition) is 5. The summed E-state index contributed by atoms with van der Waals surface area (Å²) >= 11 is 8.16. The molecule has 0 amide bonds. The van der Waals surface area contributed by atoms with Gasteiger partial charge in [-0.25, -0.2) is 19.9 Å². The van der Waals surface area contributed by atoms with Gasteiger partial charge >= 0.3 is 0 Å². The van der Waals surface area contributed by atoms with Crippen molar-refractivity contribution in [2.45, 2.75) is 13.5 Å². The third kappa shape index (κ3) is 2.93. The van der Waals surface area contributed by atoms with Crippen molar-refractivity contribution in [3.63, 3.8) is 0 Å². The van der Waals surface area contributed by atoms with E-state index in [0.29, 0.717) is 23.4 Å². The van der Waals surface area contributed by atoms with Crippen molar-refractivity contribution in [1.29, 1.82) is 0 Å². The van der Waals surface area contributed by atoms with Gasteiger partial charge in [0.25, 0.3) is 0 Å². The van der Waals surface area contributed by atoms with Crippen molar-refractivity contribution in [2.75, 3.05) is 7.11 Å². The van der Waals surface area contributed by atoms with Crippen LogP contribution in [-0.2, 0) is 11.3 Å². The highest BCUT2D eigenvalue weighted by molar-refractivity contribution is 14.1. The molecule has 2 aromatic rings. The van der Waals surface area contributed by atoms with E-state index in [1.54, 1.807) is 19.5 Å². The molecule has 0 saturated carbocycles. The van der Waals surface area contributed by atoms with Gasteiger partial charge in [0.15, 0.2) is 11.6 Å². The van der Waals surface area contributed by atoms with Crippen LogP contribution in [0.15, 0.2) is 12.4 Å². The zero-order chi connectivity index (χ0) is 13.1. The molecule has 0 saturated heterocycles. The summed E-state index contributed by atoms with van der Waals surface area (Å²) in [6, 6.07) is 0. The Labute approximate surface area is 123 Å². The van der Waals surface area contributed by atoms with Crippen molar-refractivity contribution in [2.24, 2.45) is 0 Å². The lowest BCUT2D eigenvalue weighted by atomic mass is 10.3. The molecule has 2 heterocycles. The van der Waals surface area contributed by atoms with E-state index >= 15 is 0 Å². The Morgan fingerprint density at radius 2 is 1.89 bits per heavy atom. The Morgan fingerprint density at radius 3 is 2.50 bits per heavy atom. The van der Waals surface area contributed by atoms with Gasteiger partial charge in [0.2, 0.25) is 0 Å². The van der Waals surface area contributed by atoms with Crippen LogP contribution in [0.25, 0.3) is 11.6 Å². The summed E-state index contributed by atoms with van der Waals surface area (Å²) in [5, 5.41) is 0.386. The second-order valence-corrected chi connectivity index (χ2v) is 5.05. The van der Waals surface area contributed by atoms with Crippen LogP contribution in [0.3, 0.4) is 0 Å². The fourth-order valence-electron chi connectivity index (χ4n) is 1.30. The Balaban J connectivity index is 2.48. The topological polar surface area (TPSA) is 60.8 Å². The molecule has 5 nitrogen and oxygen atoms in total. The zero-order valence-corrected chi connectivity index (χ0v) is 12.7. The number of nitrogens with zero attached hydrogens (tertiary/aromatic N) is 4. The number of aromatic nitrogens is 4. The van der Waals surface area contributed by atoms with E-state index in [2.05, 4.69) is 42.5 Å². The van der Waals surface area contributed by atoms with Gasteiger partial charge in [-0.1, -0.05) is 11.6 Å².